The molecule has 0 amide bonds. The molecule has 0 spiro atoms. The van der Waals surface area contributed by atoms with E-state index in [1.807, 2.05) is 13.8 Å². The molecule has 0 fully saturated rings. The minimum Gasteiger partial charge on any atom is -0.449 e. The molecule has 1 aromatic rings. The smallest absolute Gasteiger partial charge is 0.347 e. The van der Waals surface area contributed by atoms with E-state index in [9.17, 15) is 0 Å². The molecule has 1 heterocycles. The predicted octanol–water partition coefficient (Wildman–Crippen LogP) is -0.299. The van der Waals surface area contributed by atoms with Gasteiger partial charge in [0.1, 0.15) is 0 Å². The molecule has 0 unspecified atom stereocenters. The quantitative estimate of drug-likeness (QED) is 0.568. The first-order valence-electron chi connectivity index (χ1n) is 3.26. The van der Waals surface area contributed by atoms with Gasteiger partial charge in [0, 0.05) is 17.8 Å². The van der Waals surface area contributed by atoms with E-state index < -0.39 is 0 Å². The molecule has 0 aromatic carbocycles. The van der Waals surface area contributed by atoms with Crippen LogP contribution in [0.1, 0.15) is 19.9 Å². The first-order valence-corrected chi connectivity index (χ1v) is 3.26. The van der Waals surface area contributed by atoms with Gasteiger partial charge < -0.3 is 5.02 Å². The lowest BCUT2D eigenvalue weighted by Crippen LogP contribution is -2.26. The molecule has 1 rings (SSSR count). The zero-order valence-electron chi connectivity index (χ0n) is 6.15. The van der Waals surface area contributed by atoms with Crippen molar-refractivity contribution in [3.8, 4) is 0 Å². The molecular formula is C6H10BN2O. The highest BCUT2D eigenvalue weighted by molar-refractivity contribution is 6.44. The molecule has 4 heteroatoms. The van der Waals surface area contributed by atoms with Gasteiger partial charge >= 0.3 is 7.48 Å². The van der Waals surface area contributed by atoms with Gasteiger partial charge in [0.05, 0.1) is 0 Å². The van der Waals surface area contributed by atoms with Gasteiger partial charge in [0.15, 0.2) is 0 Å². The fourth-order valence-corrected chi connectivity index (χ4v) is 0.858. The zero-order chi connectivity index (χ0) is 7.56. The lowest BCUT2D eigenvalue weighted by atomic mass is 9.96. The van der Waals surface area contributed by atoms with Gasteiger partial charge in [-0.15, -0.1) is 0 Å². The van der Waals surface area contributed by atoms with E-state index in [0.717, 1.165) is 13.1 Å². The molecule has 1 radical (unpaired) electrons. The number of nitrogens with zero attached hydrogens (tertiary/aromatic N) is 2. The van der Waals surface area contributed by atoms with Crippen LogP contribution >= 0.6 is 0 Å². The fourth-order valence-electron chi connectivity index (χ4n) is 0.858. The molecule has 1 aromatic heterocycles. The fraction of sp³-hybridized carbons (Fsp3) is 0.500. The summed E-state index contributed by atoms with van der Waals surface area (Å²) in [4.78, 5) is 0. The molecule has 0 saturated carbocycles. The largest absolute Gasteiger partial charge is 0.449 e. The van der Waals surface area contributed by atoms with Crippen LogP contribution in [-0.4, -0.2) is 22.3 Å². The van der Waals surface area contributed by atoms with Crippen molar-refractivity contribution in [1.82, 2.24) is 9.78 Å². The van der Waals surface area contributed by atoms with Crippen LogP contribution in [0.5, 0.6) is 0 Å². The van der Waals surface area contributed by atoms with Crippen molar-refractivity contribution in [2.75, 3.05) is 0 Å². The minimum atomic E-state index is 0.299. The summed E-state index contributed by atoms with van der Waals surface area (Å²) in [5, 5.41) is 12.7. The summed E-state index contributed by atoms with van der Waals surface area (Å²) in [7, 11) is 1.06. The molecular weight excluding hydrogens is 127 g/mol. The van der Waals surface area contributed by atoms with Crippen molar-refractivity contribution in [2.24, 2.45) is 0 Å². The Kier molecular flexibility index (Phi) is 2.11. The Morgan fingerprint density at radius 2 is 2.40 bits per heavy atom. The second-order valence-electron chi connectivity index (χ2n) is 2.42. The number of hydrogen-bond donors (Lipinski definition) is 1. The molecule has 0 aliphatic heterocycles. The molecule has 10 heavy (non-hydrogen) atoms. The van der Waals surface area contributed by atoms with Gasteiger partial charge in [0.25, 0.3) is 0 Å². The predicted molar refractivity (Wildman–Crippen MR) is 40.2 cm³/mol. The number of hydrogen-bond acceptors (Lipinski definition) is 2. The molecule has 0 aliphatic rings. The van der Waals surface area contributed by atoms with Gasteiger partial charge in [0.2, 0.25) is 0 Å². The lowest BCUT2D eigenvalue weighted by Gasteiger charge is -2.07. The van der Waals surface area contributed by atoms with E-state index in [2.05, 4.69) is 5.10 Å². The third kappa shape index (κ3) is 1.21. The molecule has 3 nitrogen and oxygen atoms in total. The maximum Gasteiger partial charge on any atom is 0.347 e. The Morgan fingerprint density at radius 1 is 1.70 bits per heavy atom. The van der Waals surface area contributed by atoms with Crippen LogP contribution in [0.3, 0.4) is 0 Å². The number of aromatic nitrogens is 2. The second kappa shape index (κ2) is 2.88. The van der Waals surface area contributed by atoms with Crippen LogP contribution in [0.2, 0.25) is 0 Å². The van der Waals surface area contributed by atoms with Crippen LogP contribution in [0.4, 0.5) is 0 Å². The van der Waals surface area contributed by atoms with Crippen molar-refractivity contribution in [3.63, 3.8) is 0 Å². The maximum absolute atomic E-state index is 8.67. The summed E-state index contributed by atoms with van der Waals surface area (Å²) in [6, 6.07) is 2.06. The van der Waals surface area contributed by atoms with Crippen molar-refractivity contribution >= 4 is 13.1 Å². The minimum absolute atomic E-state index is 0.299. The Labute approximate surface area is 60.9 Å². The topological polar surface area (TPSA) is 38.0 Å². The summed E-state index contributed by atoms with van der Waals surface area (Å²) in [6.45, 7) is 4.03. The average molecular weight is 137 g/mol. The second-order valence-corrected chi connectivity index (χ2v) is 2.42. The Bertz CT molecular complexity index is 209. The van der Waals surface area contributed by atoms with E-state index in [-0.39, 0.29) is 0 Å². The third-order valence-corrected chi connectivity index (χ3v) is 1.32. The maximum atomic E-state index is 8.67. The summed E-state index contributed by atoms with van der Waals surface area (Å²) in [5.74, 6) is 0. The van der Waals surface area contributed by atoms with Crippen LogP contribution in [-0.2, 0) is 0 Å². The van der Waals surface area contributed by atoms with E-state index in [1.165, 1.54) is 0 Å². The zero-order valence-corrected chi connectivity index (χ0v) is 6.15. The van der Waals surface area contributed by atoms with Crippen LogP contribution in [0.15, 0.2) is 12.3 Å². The summed E-state index contributed by atoms with van der Waals surface area (Å²) < 4.78 is 1.75. The first kappa shape index (κ1) is 7.34. The molecule has 0 atom stereocenters. The van der Waals surface area contributed by atoms with Crippen LogP contribution in [0, 0.1) is 0 Å². The van der Waals surface area contributed by atoms with Gasteiger partial charge in [-0.05, 0) is 19.9 Å². The van der Waals surface area contributed by atoms with Gasteiger partial charge in [-0.2, -0.15) is 5.10 Å². The molecule has 0 aliphatic carbocycles. The van der Waals surface area contributed by atoms with Crippen molar-refractivity contribution in [3.05, 3.63) is 12.3 Å². The lowest BCUT2D eigenvalue weighted by molar-refractivity contribution is 0.536. The van der Waals surface area contributed by atoms with Gasteiger partial charge in [-0.25, -0.2) is 0 Å². The normalized spacial score (nSPS) is 10.4. The van der Waals surface area contributed by atoms with E-state index in [1.54, 1.807) is 16.9 Å². The third-order valence-electron chi connectivity index (χ3n) is 1.32. The molecule has 0 saturated heterocycles. The highest BCUT2D eigenvalue weighted by Gasteiger charge is 2.04. The first-order chi connectivity index (χ1) is 4.75. The van der Waals surface area contributed by atoms with Gasteiger partial charge in [-0.3, -0.25) is 4.68 Å². The Morgan fingerprint density at radius 3 is 2.80 bits per heavy atom. The molecule has 53 valence electrons. The SMILES string of the molecule is CC(C)n1nccc1[B]O. The summed E-state index contributed by atoms with van der Waals surface area (Å²) >= 11 is 0. The highest BCUT2D eigenvalue weighted by Crippen LogP contribution is 1.96. The monoisotopic (exact) mass is 137 g/mol. The Balaban J connectivity index is 2.90. The van der Waals surface area contributed by atoms with Crippen molar-refractivity contribution in [2.45, 2.75) is 19.9 Å². The van der Waals surface area contributed by atoms with E-state index in [0.29, 0.717) is 6.04 Å². The van der Waals surface area contributed by atoms with Crippen LogP contribution in [0.25, 0.3) is 0 Å². The average Bonchev–Trinajstić information content (AvgIpc) is 2.33. The van der Waals surface area contributed by atoms with Gasteiger partial charge in [-0.1, -0.05) is 0 Å². The van der Waals surface area contributed by atoms with E-state index in [4.69, 9.17) is 5.02 Å². The summed E-state index contributed by atoms with van der Waals surface area (Å²) in [5.41, 5.74) is 0.745. The van der Waals surface area contributed by atoms with Crippen molar-refractivity contribution in [1.29, 1.82) is 0 Å². The highest BCUT2D eigenvalue weighted by atomic mass is 16.2. The Hall–Kier alpha value is -0.765. The molecule has 1 N–H and O–H groups in total. The standard InChI is InChI=1S/C6H10BN2O/c1-5(2)9-6(7-10)3-4-8-9/h3-5,10H,1-2H3. The number of rotatable bonds is 2. The van der Waals surface area contributed by atoms with Crippen molar-refractivity contribution < 1.29 is 5.02 Å². The van der Waals surface area contributed by atoms with Crippen LogP contribution < -0.4 is 5.59 Å². The summed E-state index contributed by atoms with van der Waals surface area (Å²) in [6.07, 6.45) is 1.67. The molecule has 0 bridgehead atoms. The van der Waals surface area contributed by atoms with E-state index >= 15 is 0 Å².